The van der Waals surface area contributed by atoms with Crippen LogP contribution in [0.1, 0.15) is 30.7 Å². The first kappa shape index (κ1) is 16.2. The second kappa shape index (κ2) is 7.77. The second-order valence-corrected chi connectivity index (χ2v) is 6.45. The average molecular weight is 314 g/mol. The van der Waals surface area contributed by atoms with Gasteiger partial charge in [0.1, 0.15) is 5.76 Å². The molecule has 1 aromatic heterocycles. The number of ether oxygens (including phenoxy) is 1. The van der Waals surface area contributed by atoms with Crippen molar-refractivity contribution in [2.75, 3.05) is 13.1 Å². The van der Waals surface area contributed by atoms with Crippen LogP contribution in [0.15, 0.2) is 47.1 Å². The molecule has 0 aliphatic carbocycles. The lowest BCUT2D eigenvalue weighted by Gasteiger charge is -2.35. The molecule has 0 radical (unpaired) electrons. The molecule has 23 heavy (non-hydrogen) atoms. The van der Waals surface area contributed by atoms with Gasteiger partial charge in [-0.05, 0) is 37.1 Å². The van der Waals surface area contributed by atoms with E-state index in [2.05, 4.69) is 48.3 Å². The van der Waals surface area contributed by atoms with E-state index in [1.807, 2.05) is 12.1 Å². The van der Waals surface area contributed by atoms with Gasteiger partial charge in [0.05, 0.1) is 25.0 Å². The predicted octanol–water partition coefficient (Wildman–Crippen LogP) is 3.18. The maximum atomic E-state index is 5.79. The number of benzene rings is 1. The lowest BCUT2D eigenvalue weighted by molar-refractivity contribution is -0.0704. The normalized spacial score (nSPS) is 22.3. The van der Waals surface area contributed by atoms with Crippen molar-refractivity contribution >= 4 is 0 Å². The molecular formula is C19H26N2O2. The molecule has 1 saturated heterocycles. The van der Waals surface area contributed by atoms with Crippen molar-refractivity contribution in [3.8, 4) is 0 Å². The molecule has 0 bridgehead atoms. The molecule has 2 unspecified atom stereocenters. The Morgan fingerprint density at radius 3 is 2.35 bits per heavy atom. The Labute approximate surface area is 138 Å². The van der Waals surface area contributed by atoms with Crippen molar-refractivity contribution in [1.82, 2.24) is 10.2 Å². The number of furan rings is 1. The first-order valence-corrected chi connectivity index (χ1v) is 8.38. The van der Waals surface area contributed by atoms with Crippen LogP contribution in [0, 0.1) is 0 Å². The van der Waals surface area contributed by atoms with Crippen molar-refractivity contribution in [2.24, 2.45) is 0 Å². The monoisotopic (exact) mass is 314 g/mol. The molecule has 1 N–H and O–H groups in total. The Bertz CT molecular complexity index is 570. The Morgan fingerprint density at radius 1 is 1.00 bits per heavy atom. The van der Waals surface area contributed by atoms with Gasteiger partial charge in [0.15, 0.2) is 0 Å². The molecule has 4 heteroatoms. The summed E-state index contributed by atoms with van der Waals surface area (Å²) in [6.07, 6.45) is 2.35. The predicted molar refractivity (Wildman–Crippen MR) is 91.0 cm³/mol. The van der Waals surface area contributed by atoms with Gasteiger partial charge in [-0.15, -0.1) is 0 Å². The van der Waals surface area contributed by atoms with Crippen molar-refractivity contribution in [1.29, 1.82) is 0 Å². The van der Waals surface area contributed by atoms with Crippen LogP contribution in [0.2, 0.25) is 0 Å². The summed E-state index contributed by atoms with van der Waals surface area (Å²) >= 11 is 0. The molecular weight excluding hydrogens is 288 g/mol. The third kappa shape index (κ3) is 4.93. The molecule has 0 amide bonds. The van der Waals surface area contributed by atoms with E-state index in [0.29, 0.717) is 12.2 Å². The first-order chi connectivity index (χ1) is 11.2. The maximum Gasteiger partial charge on any atom is 0.117 e. The van der Waals surface area contributed by atoms with Crippen LogP contribution in [0.25, 0.3) is 0 Å². The molecule has 4 nitrogen and oxygen atoms in total. The minimum absolute atomic E-state index is 0.323. The molecule has 1 fully saturated rings. The summed E-state index contributed by atoms with van der Waals surface area (Å²) in [7, 11) is 0. The molecule has 2 heterocycles. The highest BCUT2D eigenvalue weighted by molar-refractivity contribution is 5.22. The SMILES string of the molecule is CC1CN(Cc2ccc(CNCc3ccco3)cc2)CC(C)O1. The average Bonchev–Trinajstić information content (AvgIpc) is 3.01. The minimum atomic E-state index is 0.323. The van der Waals surface area contributed by atoms with Gasteiger partial charge < -0.3 is 14.5 Å². The Kier molecular flexibility index (Phi) is 5.49. The molecule has 1 aliphatic rings. The van der Waals surface area contributed by atoms with Crippen LogP contribution in [0.5, 0.6) is 0 Å². The van der Waals surface area contributed by atoms with E-state index >= 15 is 0 Å². The van der Waals surface area contributed by atoms with Gasteiger partial charge in [0.2, 0.25) is 0 Å². The molecule has 0 spiro atoms. The van der Waals surface area contributed by atoms with Crippen LogP contribution in [0.3, 0.4) is 0 Å². The van der Waals surface area contributed by atoms with E-state index in [9.17, 15) is 0 Å². The third-order valence-electron chi connectivity index (χ3n) is 4.13. The van der Waals surface area contributed by atoms with Gasteiger partial charge in [-0.1, -0.05) is 24.3 Å². The van der Waals surface area contributed by atoms with E-state index in [-0.39, 0.29) is 0 Å². The van der Waals surface area contributed by atoms with E-state index in [4.69, 9.17) is 9.15 Å². The summed E-state index contributed by atoms with van der Waals surface area (Å²) in [6, 6.07) is 12.8. The highest BCUT2D eigenvalue weighted by Crippen LogP contribution is 2.14. The molecule has 2 atom stereocenters. The molecule has 3 rings (SSSR count). The Hall–Kier alpha value is -1.62. The Balaban J connectivity index is 1.47. The highest BCUT2D eigenvalue weighted by atomic mass is 16.5. The number of hydrogen-bond acceptors (Lipinski definition) is 4. The minimum Gasteiger partial charge on any atom is -0.468 e. The number of hydrogen-bond donors (Lipinski definition) is 1. The van der Waals surface area contributed by atoms with Crippen molar-refractivity contribution in [3.05, 3.63) is 59.5 Å². The Morgan fingerprint density at radius 2 is 1.70 bits per heavy atom. The second-order valence-electron chi connectivity index (χ2n) is 6.45. The number of rotatable bonds is 6. The van der Waals surface area contributed by atoms with E-state index in [0.717, 1.165) is 38.5 Å². The van der Waals surface area contributed by atoms with Crippen molar-refractivity contribution in [2.45, 2.75) is 45.7 Å². The summed E-state index contributed by atoms with van der Waals surface area (Å²) in [5, 5.41) is 3.40. The van der Waals surface area contributed by atoms with Gasteiger partial charge in [0.25, 0.3) is 0 Å². The van der Waals surface area contributed by atoms with Crippen LogP contribution < -0.4 is 5.32 Å². The summed E-state index contributed by atoms with van der Waals surface area (Å²) in [5.74, 6) is 0.970. The fourth-order valence-corrected chi connectivity index (χ4v) is 3.18. The zero-order valence-electron chi connectivity index (χ0n) is 14.0. The summed E-state index contributed by atoms with van der Waals surface area (Å²) in [6.45, 7) is 8.93. The fourth-order valence-electron chi connectivity index (χ4n) is 3.18. The lowest BCUT2D eigenvalue weighted by Crippen LogP contribution is -2.44. The first-order valence-electron chi connectivity index (χ1n) is 8.38. The number of morpholine rings is 1. The zero-order chi connectivity index (χ0) is 16.1. The van der Waals surface area contributed by atoms with Crippen molar-refractivity contribution < 1.29 is 9.15 Å². The van der Waals surface area contributed by atoms with Crippen LogP contribution in [0.4, 0.5) is 0 Å². The van der Waals surface area contributed by atoms with Gasteiger partial charge in [-0.25, -0.2) is 0 Å². The molecule has 0 saturated carbocycles. The van der Waals surface area contributed by atoms with E-state index in [1.165, 1.54) is 11.1 Å². The maximum absolute atomic E-state index is 5.79. The van der Waals surface area contributed by atoms with E-state index < -0.39 is 0 Å². The molecule has 124 valence electrons. The van der Waals surface area contributed by atoms with Gasteiger partial charge >= 0.3 is 0 Å². The standard InChI is InChI=1S/C19H26N2O2/c1-15-12-21(13-16(2)23-15)14-18-7-5-17(6-8-18)10-20-11-19-4-3-9-22-19/h3-9,15-16,20H,10-14H2,1-2H3. The van der Waals surface area contributed by atoms with Crippen LogP contribution in [-0.4, -0.2) is 30.2 Å². The van der Waals surface area contributed by atoms with E-state index in [1.54, 1.807) is 6.26 Å². The smallest absolute Gasteiger partial charge is 0.117 e. The van der Waals surface area contributed by atoms with Crippen LogP contribution >= 0.6 is 0 Å². The highest BCUT2D eigenvalue weighted by Gasteiger charge is 2.21. The van der Waals surface area contributed by atoms with Crippen molar-refractivity contribution in [3.63, 3.8) is 0 Å². The van der Waals surface area contributed by atoms with Gasteiger partial charge in [0, 0.05) is 26.2 Å². The number of nitrogens with zero attached hydrogens (tertiary/aromatic N) is 1. The summed E-state index contributed by atoms with van der Waals surface area (Å²) < 4.78 is 11.1. The topological polar surface area (TPSA) is 37.6 Å². The number of nitrogens with one attached hydrogen (secondary N) is 1. The molecule has 1 aromatic carbocycles. The largest absolute Gasteiger partial charge is 0.468 e. The molecule has 1 aliphatic heterocycles. The lowest BCUT2D eigenvalue weighted by atomic mass is 10.1. The summed E-state index contributed by atoms with van der Waals surface area (Å²) in [4.78, 5) is 2.48. The quantitative estimate of drug-likeness (QED) is 0.888. The molecule has 2 aromatic rings. The van der Waals surface area contributed by atoms with Gasteiger partial charge in [-0.2, -0.15) is 0 Å². The summed E-state index contributed by atoms with van der Waals surface area (Å²) in [5.41, 5.74) is 2.66. The third-order valence-corrected chi connectivity index (χ3v) is 4.13. The zero-order valence-corrected chi connectivity index (χ0v) is 14.0. The fraction of sp³-hybridized carbons (Fsp3) is 0.474. The van der Waals surface area contributed by atoms with Gasteiger partial charge in [-0.3, -0.25) is 4.90 Å². The van der Waals surface area contributed by atoms with Crippen LogP contribution in [-0.2, 0) is 24.4 Å².